The Morgan fingerprint density at radius 1 is 1.10 bits per heavy atom. The molecule has 0 aromatic carbocycles. The molecule has 0 aliphatic heterocycles. The van der Waals surface area contributed by atoms with Crippen molar-refractivity contribution in [1.82, 2.24) is 9.97 Å². The zero-order chi connectivity index (χ0) is 15.5. The summed E-state index contributed by atoms with van der Waals surface area (Å²) in [5.41, 5.74) is 0.710. The van der Waals surface area contributed by atoms with Crippen LogP contribution < -0.4 is 5.32 Å². The van der Waals surface area contributed by atoms with E-state index in [1.807, 2.05) is 0 Å². The van der Waals surface area contributed by atoms with Crippen molar-refractivity contribution in [3.63, 3.8) is 0 Å². The highest BCUT2D eigenvalue weighted by atomic mass is 16.4. The van der Waals surface area contributed by atoms with Gasteiger partial charge in [0.2, 0.25) is 5.95 Å². The van der Waals surface area contributed by atoms with Gasteiger partial charge >= 0.3 is 5.97 Å². The van der Waals surface area contributed by atoms with E-state index in [2.05, 4.69) is 22.2 Å². The van der Waals surface area contributed by atoms with Gasteiger partial charge in [0.25, 0.3) is 0 Å². The molecule has 0 amide bonds. The minimum Gasteiger partial charge on any atom is -0.477 e. The molecule has 0 aliphatic rings. The quantitative estimate of drug-likeness (QED) is 0.602. The number of aromatic carboxylic acids is 1. The van der Waals surface area contributed by atoms with Crippen LogP contribution in [0, 0.1) is 6.92 Å². The summed E-state index contributed by atoms with van der Waals surface area (Å²) in [5.74, 6) is -0.606. The van der Waals surface area contributed by atoms with E-state index in [9.17, 15) is 4.79 Å². The normalized spacial score (nSPS) is 10.6. The SMILES string of the molecule is CCCCCCCCCCNc1nc(C)cc(C(=O)O)n1. The Kier molecular flexibility index (Phi) is 8.40. The lowest BCUT2D eigenvalue weighted by Gasteiger charge is -2.06. The molecule has 118 valence electrons. The summed E-state index contributed by atoms with van der Waals surface area (Å²) in [4.78, 5) is 19.1. The molecule has 0 radical (unpaired) electrons. The minimum atomic E-state index is -1.02. The maximum Gasteiger partial charge on any atom is 0.354 e. The highest BCUT2D eigenvalue weighted by Crippen LogP contribution is 2.09. The average molecular weight is 293 g/mol. The first kappa shape index (κ1) is 17.4. The first-order valence-electron chi connectivity index (χ1n) is 7.96. The first-order valence-corrected chi connectivity index (χ1v) is 7.96. The number of aromatic nitrogens is 2. The Hall–Kier alpha value is -1.65. The van der Waals surface area contributed by atoms with Gasteiger partial charge in [-0.3, -0.25) is 0 Å². The molecule has 1 rings (SSSR count). The van der Waals surface area contributed by atoms with Gasteiger partial charge in [-0.15, -0.1) is 0 Å². The third-order valence-electron chi connectivity index (χ3n) is 3.39. The summed E-state index contributed by atoms with van der Waals surface area (Å²) in [6.07, 6.45) is 10.2. The predicted octanol–water partition coefficient (Wildman–Crippen LogP) is 4.04. The van der Waals surface area contributed by atoms with Gasteiger partial charge in [0, 0.05) is 12.2 Å². The summed E-state index contributed by atoms with van der Waals surface area (Å²) >= 11 is 0. The number of nitrogens with one attached hydrogen (secondary N) is 1. The molecule has 0 bridgehead atoms. The minimum absolute atomic E-state index is 0.0425. The first-order chi connectivity index (χ1) is 10.1. The van der Waals surface area contributed by atoms with Crippen LogP contribution >= 0.6 is 0 Å². The number of nitrogens with zero attached hydrogens (tertiary/aromatic N) is 2. The van der Waals surface area contributed by atoms with Crippen LogP contribution in [0.4, 0.5) is 5.95 Å². The van der Waals surface area contributed by atoms with E-state index in [1.165, 1.54) is 51.0 Å². The van der Waals surface area contributed by atoms with Gasteiger partial charge in [0.15, 0.2) is 5.69 Å². The zero-order valence-corrected chi connectivity index (χ0v) is 13.2. The van der Waals surface area contributed by atoms with Crippen molar-refractivity contribution in [2.45, 2.75) is 65.2 Å². The Morgan fingerprint density at radius 3 is 2.33 bits per heavy atom. The number of rotatable bonds is 11. The third-order valence-corrected chi connectivity index (χ3v) is 3.39. The topological polar surface area (TPSA) is 75.1 Å². The number of hydrogen-bond donors (Lipinski definition) is 2. The zero-order valence-electron chi connectivity index (χ0n) is 13.2. The van der Waals surface area contributed by atoms with E-state index in [-0.39, 0.29) is 5.69 Å². The second-order valence-electron chi connectivity index (χ2n) is 5.42. The van der Waals surface area contributed by atoms with Crippen molar-refractivity contribution in [2.75, 3.05) is 11.9 Å². The molecule has 0 unspecified atom stereocenters. The summed E-state index contributed by atoms with van der Waals surface area (Å²) in [6, 6.07) is 1.48. The summed E-state index contributed by atoms with van der Waals surface area (Å²) < 4.78 is 0. The number of carboxylic acids is 1. The van der Waals surface area contributed by atoms with Gasteiger partial charge in [0.05, 0.1) is 0 Å². The van der Waals surface area contributed by atoms with E-state index in [0.717, 1.165) is 13.0 Å². The van der Waals surface area contributed by atoms with Gasteiger partial charge in [-0.05, 0) is 19.4 Å². The maximum atomic E-state index is 10.9. The number of unbranched alkanes of at least 4 members (excludes halogenated alkanes) is 7. The van der Waals surface area contributed by atoms with Crippen LogP contribution in [0.5, 0.6) is 0 Å². The number of aryl methyl sites for hydroxylation is 1. The molecule has 0 saturated heterocycles. The van der Waals surface area contributed by atoms with Crippen molar-refractivity contribution in [1.29, 1.82) is 0 Å². The number of anilines is 1. The molecule has 5 nitrogen and oxygen atoms in total. The molecule has 0 saturated carbocycles. The van der Waals surface area contributed by atoms with Gasteiger partial charge < -0.3 is 10.4 Å². The van der Waals surface area contributed by atoms with Crippen molar-refractivity contribution < 1.29 is 9.90 Å². The fourth-order valence-electron chi connectivity index (χ4n) is 2.22. The molecular formula is C16H27N3O2. The fraction of sp³-hybridized carbons (Fsp3) is 0.688. The van der Waals surface area contributed by atoms with E-state index in [1.54, 1.807) is 6.92 Å². The Labute approximate surface area is 127 Å². The van der Waals surface area contributed by atoms with E-state index in [0.29, 0.717) is 11.6 Å². The van der Waals surface area contributed by atoms with E-state index in [4.69, 9.17) is 5.11 Å². The average Bonchev–Trinajstić information content (AvgIpc) is 2.45. The van der Waals surface area contributed by atoms with Crippen LogP contribution in [0.15, 0.2) is 6.07 Å². The van der Waals surface area contributed by atoms with E-state index < -0.39 is 5.97 Å². The van der Waals surface area contributed by atoms with Crippen LogP contribution in [0.2, 0.25) is 0 Å². The summed E-state index contributed by atoms with van der Waals surface area (Å²) in [7, 11) is 0. The molecular weight excluding hydrogens is 266 g/mol. The third kappa shape index (κ3) is 7.63. The van der Waals surface area contributed by atoms with E-state index >= 15 is 0 Å². The second kappa shape index (κ2) is 10.1. The highest BCUT2D eigenvalue weighted by molar-refractivity contribution is 5.85. The molecule has 0 spiro atoms. The molecule has 1 heterocycles. The molecule has 0 fully saturated rings. The fourth-order valence-corrected chi connectivity index (χ4v) is 2.22. The highest BCUT2D eigenvalue weighted by Gasteiger charge is 2.07. The Bertz CT molecular complexity index is 436. The summed E-state index contributed by atoms with van der Waals surface area (Å²) in [6.45, 7) is 4.79. The lowest BCUT2D eigenvalue weighted by Crippen LogP contribution is -2.10. The monoisotopic (exact) mass is 293 g/mol. The predicted molar refractivity (Wildman–Crippen MR) is 84.8 cm³/mol. The number of hydrogen-bond acceptors (Lipinski definition) is 4. The van der Waals surface area contributed by atoms with Gasteiger partial charge in [-0.1, -0.05) is 51.9 Å². The van der Waals surface area contributed by atoms with Crippen LogP contribution in [0.25, 0.3) is 0 Å². The molecule has 2 N–H and O–H groups in total. The second-order valence-corrected chi connectivity index (χ2v) is 5.42. The van der Waals surface area contributed by atoms with Crippen LogP contribution in [-0.4, -0.2) is 27.6 Å². The molecule has 5 heteroatoms. The lowest BCUT2D eigenvalue weighted by atomic mass is 10.1. The largest absolute Gasteiger partial charge is 0.477 e. The van der Waals surface area contributed by atoms with Crippen molar-refractivity contribution >= 4 is 11.9 Å². The van der Waals surface area contributed by atoms with Crippen molar-refractivity contribution in [2.24, 2.45) is 0 Å². The smallest absolute Gasteiger partial charge is 0.354 e. The molecule has 0 atom stereocenters. The van der Waals surface area contributed by atoms with Gasteiger partial charge in [-0.2, -0.15) is 0 Å². The van der Waals surface area contributed by atoms with Crippen molar-refractivity contribution in [3.8, 4) is 0 Å². The van der Waals surface area contributed by atoms with Crippen molar-refractivity contribution in [3.05, 3.63) is 17.5 Å². The lowest BCUT2D eigenvalue weighted by molar-refractivity contribution is 0.0690. The van der Waals surface area contributed by atoms with Gasteiger partial charge in [-0.25, -0.2) is 14.8 Å². The number of carbonyl (C=O) groups is 1. The molecule has 1 aromatic rings. The molecule has 0 aliphatic carbocycles. The Balaban J connectivity index is 2.17. The standard InChI is InChI=1S/C16H27N3O2/c1-3-4-5-6-7-8-9-10-11-17-16-18-13(2)12-14(19-16)15(20)21/h12H,3-11H2,1-2H3,(H,20,21)(H,17,18,19). The van der Waals surface area contributed by atoms with Crippen LogP contribution in [0.1, 0.15) is 74.5 Å². The van der Waals surface area contributed by atoms with Crippen LogP contribution in [-0.2, 0) is 0 Å². The molecule has 1 aromatic heterocycles. The van der Waals surface area contributed by atoms with Crippen LogP contribution in [0.3, 0.4) is 0 Å². The molecule has 21 heavy (non-hydrogen) atoms. The Morgan fingerprint density at radius 2 is 1.71 bits per heavy atom. The maximum absolute atomic E-state index is 10.9. The summed E-state index contributed by atoms with van der Waals surface area (Å²) in [5, 5.41) is 12.1. The van der Waals surface area contributed by atoms with Gasteiger partial charge in [0.1, 0.15) is 0 Å². The number of carboxylic acid groups (broad SMARTS) is 1.